The summed E-state index contributed by atoms with van der Waals surface area (Å²) in [6.07, 6.45) is -11.4. The maximum absolute atomic E-state index is 12.4. The topological polar surface area (TPSA) is 121 Å². The molecule has 18 heteroatoms. The number of hydrogen-bond donors (Lipinski definition) is 3. The molecule has 1 aromatic rings. The predicted molar refractivity (Wildman–Crippen MR) is 78.6 cm³/mol. The molecule has 0 aliphatic rings. The fraction of sp³-hybridized carbons (Fsp3) is 0.444. The summed E-state index contributed by atoms with van der Waals surface area (Å²) in [6.45, 7) is 2.63. The van der Waals surface area contributed by atoms with Crippen LogP contribution in [0, 0.1) is 12.8 Å². The van der Waals surface area contributed by atoms with Gasteiger partial charge in [-0.05, 0) is 12.1 Å². The number of halogens is 7. The number of alkyl halides is 6. The molecule has 1 heterocycles. The Kier molecular flexibility index (Phi) is 11.4. The molecule has 0 amide bonds. The summed E-state index contributed by atoms with van der Waals surface area (Å²) in [6, 6.07) is -0.571. The van der Waals surface area contributed by atoms with Crippen LogP contribution in [0.2, 0.25) is 4.34 Å². The summed E-state index contributed by atoms with van der Waals surface area (Å²) >= 11 is 5.95. The third kappa shape index (κ3) is 11.8. The summed E-state index contributed by atoms with van der Waals surface area (Å²) < 4.78 is 130. The molecular weight excluding hydrogens is 487 g/mol. The number of thiophene rings is 1. The first-order valence-corrected chi connectivity index (χ1v) is 9.76. The molecule has 154 valence electrons. The van der Waals surface area contributed by atoms with Crippen molar-refractivity contribution in [3.05, 3.63) is 23.4 Å². The van der Waals surface area contributed by atoms with Crippen molar-refractivity contribution in [2.24, 2.45) is 5.92 Å². The van der Waals surface area contributed by atoms with Crippen molar-refractivity contribution in [3.63, 3.8) is 0 Å². The van der Waals surface area contributed by atoms with Gasteiger partial charge in [-0.15, -0.1) is 11.3 Å². The molecule has 0 aliphatic heterocycles. The van der Waals surface area contributed by atoms with E-state index in [4.69, 9.17) is 29.1 Å². The Morgan fingerprint density at radius 3 is 1.67 bits per heavy atom. The van der Waals surface area contributed by atoms with Gasteiger partial charge in [0, 0.05) is 0 Å². The number of rotatable bonds is 4. The van der Waals surface area contributed by atoms with E-state index in [1.165, 1.54) is 4.72 Å². The normalized spacial score (nSPS) is 14.2. The summed E-state index contributed by atoms with van der Waals surface area (Å²) in [4.78, 5) is 0. The zero-order valence-corrected chi connectivity index (χ0v) is 18.1. The molecule has 0 spiro atoms. The minimum atomic E-state index is -5.69. The number of nitrogens with one attached hydrogen (secondary N) is 1. The van der Waals surface area contributed by atoms with Gasteiger partial charge in [0.2, 0.25) is 10.0 Å². The van der Waals surface area contributed by atoms with Crippen LogP contribution in [0.3, 0.4) is 0 Å². The van der Waals surface area contributed by atoms with Gasteiger partial charge in [-0.25, -0.2) is 13.1 Å². The fourth-order valence-electron chi connectivity index (χ4n) is 1.41. The van der Waals surface area contributed by atoms with Crippen LogP contribution >= 0.6 is 22.9 Å². The van der Waals surface area contributed by atoms with Crippen molar-refractivity contribution in [1.82, 2.24) is 4.72 Å². The molecule has 7 nitrogen and oxygen atoms in total. The van der Waals surface area contributed by atoms with E-state index < -0.39 is 48.9 Å². The van der Waals surface area contributed by atoms with Crippen LogP contribution in [-0.4, -0.2) is 44.3 Å². The van der Waals surface area contributed by atoms with Crippen molar-refractivity contribution in [2.75, 3.05) is 0 Å². The first-order valence-electron chi connectivity index (χ1n) is 5.69. The first-order chi connectivity index (χ1) is 11.2. The van der Waals surface area contributed by atoms with E-state index in [1.54, 1.807) is 0 Å². The van der Waals surface area contributed by atoms with E-state index in [9.17, 15) is 34.8 Å². The van der Waals surface area contributed by atoms with E-state index in [-0.39, 0.29) is 33.9 Å². The van der Waals surface area contributed by atoms with Crippen LogP contribution in [0.25, 0.3) is 0 Å². The average Bonchev–Trinajstić information content (AvgIpc) is 2.68. The minimum Gasteiger partial charge on any atom is -0.325 e. The Morgan fingerprint density at radius 1 is 1.04 bits per heavy atom. The summed E-state index contributed by atoms with van der Waals surface area (Å²) in [5, 5.41) is 0. The molecule has 1 aromatic heterocycles. The largest absolute Gasteiger partial charge is 1.00 e. The summed E-state index contributed by atoms with van der Waals surface area (Å²) in [5.41, 5.74) is 0. The SMILES string of the molecule is O=S(=O)(O)O.[CH2-][C@@H](NS(=O)(=O)c1ccc(Cl)s1)C(C(F)(F)F)C(F)(F)F.[Na+]. The Bertz CT molecular complexity index is 787. The fourth-order valence-corrected chi connectivity index (χ4v) is 4.07. The molecule has 0 saturated carbocycles. The molecule has 27 heavy (non-hydrogen) atoms. The van der Waals surface area contributed by atoms with Crippen LogP contribution in [0.1, 0.15) is 0 Å². The zero-order chi connectivity index (χ0) is 21.1. The maximum atomic E-state index is 12.4. The van der Waals surface area contributed by atoms with Crippen LogP contribution < -0.4 is 34.3 Å². The van der Waals surface area contributed by atoms with E-state index >= 15 is 0 Å². The van der Waals surface area contributed by atoms with Gasteiger partial charge in [0.1, 0.15) is 10.1 Å². The van der Waals surface area contributed by atoms with Gasteiger partial charge in [-0.1, -0.05) is 17.6 Å². The average molecular weight is 496 g/mol. The molecular formula is C9H9ClF6NNaO6S3. The smallest absolute Gasteiger partial charge is 0.325 e. The molecule has 0 bridgehead atoms. The third-order valence-electron chi connectivity index (χ3n) is 2.23. The second-order valence-electron chi connectivity index (χ2n) is 4.30. The molecule has 0 radical (unpaired) electrons. The Morgan fingerprint density at radius 2 is 1.41 bits per heavy atom. The number of hydrogen-bond acceptors (Lipinski definition) is 5. The molecule has 0 unspecified atom stereocenters. The van der Waals surface area contributed by atoms with Crippen LogP contribution in [0.15, 0.2) is 16.3 Å². The minimum absolute atomic E-state index is 0. The van der Waals surface area contributed by atoms with E-state index in [2.05, 4.69) is 6.92 Å². The maximum Gasteiger partial charge on any atom is 1.00 e. The van der Waals surface area contributed by atoms with Crippen LogP contribution in [0.5, 0.6) is 0 Å². The van der Waals surface area contributed by atoms with Gasteiger partial charge in [0.05, 0.1) is 4.34 Å². The second kappa shape index (κ2) is 10.4. The molecule has 0 saturated heterocycles. The van der Waals surface area contributed by atoms with Gasteiger partial charge in [-0.2, -0.15) is 34.8 Å². The van der Waals surface area contributed by atoms with Crippen molar-refractivity contribution < 1.29 is 81.8 Å². The third-order valence-corrected chi connectivity index (χ3v) is 5.44. The van der Waals surface area contributed by atoms with Crippen molar-refractivity contribution >= 4 is 43.4 Å². The Labute approximate surface area is 181 Å². The van der Waals surface area contributed by atoms with Crippen molar-refractivity contribution in [3.8, 4) is 0 Å². The van der Waals surface area contributed by atoms with Gasteiger partial charge in [0.15, 0.2) is 0 Å². The van der Waals surface area contributed by atoms with Gasteiger partial charge in [-0.3, -0.25) is 9.11 Å². The molecule has 3 N–H and O–H groups in total. The molecule has 0 fully saturated rings. The number of sulfonamides is 1. The monoisotopic (exact) mass is 495 g/mol. The van der Waals surface area contributed by atoms with E-state index in [0.717, 1.165) is 12.1 Å². The van der Waals surface area contributed by atoms with Crippen LogP contribution in [0.4, 0.5) is 26.3 Å². The predicted octanol–water partition coefficient (Wildman–Crippen LogP) is -0.0255. The molecule has 1 atom stereocenters. The Balaban J connectivity index is 0. The quantitative estimate of drug-likeness (QED) is 0.234. The first kappa shape index (κ1) is 29.6. The zero-order valence-electron chi connectivity index (χ0n) is 12.9. The van der Waals surface area contributed by atoms with Crippen LogP contribution in [-0.2, 0) is 20.4 Å². The Hall–Kier alpha value is 0.350. The summed E-state index contributed by atoms with van der Waals surface area (Å²) in [5.74, 6) is -3.92. The van der Waals surface area contributed by atoms with Crippen molar-refractivity contribution in [1.29, 1.82) is 0 Å². The standard InChI is InChI=1S/C9H7ClF6NO2S2.Na.H2O4S/c1-4(7(8(11,12)13)9(14,15)16)17-21(18,19)6-3-2-5(10)20-6;;1-5(2,3)4/h2-4,7,17H,1H2;;(H2,1,2,3,4)/q-1;+1;/t4-;;/m1../s1. The molecule has 1 rings (SSSR count). The second-order valence-corrected chi connectivity index (χ2v) is 8.85. The van der Waals surface area contributed by atoms with E-state index in [1.807, 2.05) is 0 Å². The van der Waals surface area contributed by atoms with Gasteiger partial charge < -0.3 is 6.92 Å². The summed E-state index contributed by atoms with van der Waals surface area (Å²) in [7, 11) is -9.25. The van der Waals surface area contributed by atoms with Gasteiger partial charge in [0.25, 0.3) is 0 Å². The van der Waals surface area contributed by atoms with Gasteiger partial charge >= 0.3 is 52.3 Å². The molecule has 0 aliphatic carbocycles. The van der Waals surface area contributed by atoms with Crippen molar-refractivity contribution in [2.45, 2.75) is 22.6 Å². The molecule has 0 aromatic carbocycles. The van der Waals surface area contributed by atoms with E-state index in [0.29, 0.717) is 11.3 Å².